The van der Waals surface area contributed by atoms with Crippen LogP contribution in [0.5, 0.6) is 0 Å². The van der Waals surface area contributed by atoms with Crippen molar-refractivity contribution in [2.75, 3.05) is 18.4 Å². The van der Waals surface area contributed by atoms with Crippen molar-refractivity contribution in [3.8, 4) is 11.1 Å². The minimum absolute atomic E-state index is 0.106. The van der Waals surface area contributed by atoms with Crippen molar-refractivity contribution < 1.29 is 8.42 Å². The van der Waals surface area contributed by atoms with Crippen LogP contribution in [0.2, 0.25) is 5.02 Å². The number of sulfonamides is 1. The summed E-state index contributed by atoms with van der Waals surface area (Å²) in [6.45, 7) is 0.930. The van der Waals surface area contributed by atoms with Gasteiger partial charge in [0.15, 0.2) is 0 Å². The third-order valence-electron chi connectivity index (χ3n) is 6.95. The Balaban J connectivity index is 1.21. The predicted octanol–water partition coefficient (Wildman–Crippen LogP) is 3.38. The molecular weight excluding hydrogens is 486 g/mol. The second kappa shape index (κ2) is 8.15. The van der Waals surface area contributed by atoms with Crippen LogP contribution in [0.3, 0.4) is 0 Å². The quantitative estimate of drug-likeness (QED) is 0.445. The summed E-state index contributed by atoms with van der Waals surface area (Å²) in [6, 6.07) is 17.6. The van der Waals surface area contributed by atoms with Crippen LogP contribution in [0.4, 0.5) is 5.95 Å². The van der Waals surface area contributed by atoms with Crippen molar-refractivity contribution in [3.63, 3.8) is 0 Å². The van der Waals surface area contributed by atoms with Crippen molar-refractivity contribution in [2.24, 2.45) is 18.9 Å². The maximum atomic E-state index is 13.0. The van der Waals surface area contributed by atoms with E-state index in [2.05, 4.69) is 15.3 Å². The summed E-state index contributed by atoms with van der Waals surface area (Å²) in [5.74, 6) is 0.841. The van der Waals surface area contributed by atoms with Crippen LogP contribution in [-0.2, 0) is 17.1 Å². The maximum Gasteiger partial charge on any atom is 0.259 e. The molecule has 2 atom stereocenters. The first kappa shape index (κ1) is 22.2. The summed E-state index contributed by atoms with van der Waals surface area (Å²) in [4.78, 5) is 22.4. The van der Waals surface area contributed by atoms with Gasteiger partial charge in [0.25, 0.3) is 5.56 Å². The van der Waals surface area contributed by atoms with E-state index in [1.165, 1.54) is 4.57 Å². The molecule has 8 nitrogen and oxygen atoms in total. The third-order valence-corrected chi connectivity index (χ3v) is 9.13. The number of anilines is 1. The van der Waals surface area contributed by atoms with E-state index in [0.29, 0.717) is 45.7 Å². The molecule has 10 heteroatoms. The Hall–Kier alpha value is -3.27. The molecule has 1 saturated carbocycles. The Morgan fingerprint density at radius 3 is 2.40 bits per heavy atom. The van der Waals surface area contributed by atoms with E-state index in [-0.39, 0.29) is 23.4 Å². The summed E-state index contributed by atoms with van der Waals surface area (Å²) in [5, 5.41) is 4.58. The van der Waals surface area contributed by atoms with Crippen LogP contribution < -0.4 is 10.9 Å². The number of halogens is 1. The van der Waals surface area contributed by atoms with Crippen molar-refractivity contribution in [1.29, 1.82) is 0 Å². The number of aryl methyl sites for hydroxylation is 1. The number of pyridine rings is 1. The molecule has 35 heavy (non-hydrogen) atoms. The molecular formula is C25H22ClN5O3S. The van der Waals surface area contributed by atoms with Crippen LogP contribution in [0, 0.1) is 11.8 Å². The zero-order valence-electron chi connectivity index (χ0n) is 18.8. The number of nitrogens with zero attached hydrogens (tertiary/aromatic N) is 4. The summed E-state index contributed by atoms with van der Waals surface area (Å²) >= 11 is 6.31. The van der Waals surface area contributed by atoms with Gasteiger partial charge in [-0.15, -0.1) is 0 Å². The minimum atomic E-state index is -3.48. The molecule has 1 aliphatic heterocycles. The lowest BCUT2D eigenvalue weighted by molar-refractivity contribution is 0.436. The SMILES string of the molecule is Cn1c(=O)c(-c2ccccc2Cl)cc2cnc(NC3C4CN(S(=O)(=O)c5ccccc5)CC43)nc21. The van der Waals surface area contributed by atoms with Crippen molar-refractivity contribution in [3.05, 3.63) is 82.2 Å². The first-order valence-corrected chi connectivity index (χ1v) is 13.1. The first-order valence-electron chi connectivity index (χ1n) is 11.3. The Kier molecular flexibility index (Phi) is 5.17. The molecule has 2 fully saturated rings. The second-order valence-electron chi connectivity index (χ2n) is 9.01. The molecule has 2 unspecified atom stereocenters. The molecule has 1 N–H and O–H groups in total. The Labute approximate surface area is 207 Å². The molecule has 3 heterocycles. The van der Waals surface area contributed by atoms with Crippen LogP contribution in [0.1, 0.15) is 0 Å². The highest BCUT2D eigenvalue weighted by molar-refractivity contribution is 7.89. The second-order valence-corrected chi connectivity index (χ2v) is 11.4. The van der Waals surface area contributed by atoms with Gasteiger partial charge in [-0.25, -0.2) is 13.4 Å². The summed E-state index contributed by atoms with van der Waals surface area (Å²) in [7, 11) is -1.80. The van der Waals surface area contributed by atoms with Gasteiger partial charge in [-0.1, -0.05) is 48.0 Å². The van der Waals surface area contributed by atoms with Gasteiger partial charge in [-0.05, 0) is 36.1 Å². The van der Waals surface area contributed by atoms with Gasteiger partial charge in [0.1, 0.15) is 5.65 Å². The standard InChI is InChI=1S/C25H22ClN5O3S/c1-30-23-15(11-18(24(30)32)17-9-5-6-10-21(17)26)12-27-25(29-23)28-22-19-13-31(14-20(19)22)35(33,34)16-7-3-2-4-8-16/h2-12,19-20,22H,13-14H2,1H3,(H,27,28,29). The van der Waals surface area contributed by atoms with Gasteiger partial charge >= 0.3 is 0 Å². The van der Waals surface area contributed by atoms with E-state index in [1.807, 2.05) is 18.2 Å². The largest absolute Gasteiger partial charge is 0.351 e. The van der Waals surface area contributed by atoms with Gasteiger partial charge in [-0.2, -0.15) is 9.29 Å². The molecule has 2 aliphatic rings. The van der Waals surface area contributed by atoms with Gasteiger partial charge in [-0.3, -0.25) is 9.36 Å². The van der Waals surface area contributed by atoms with E-state index >= 15 is 0 Å². The average molecular weight is 508 g/mol. The number of rotatable bonds is 5. The lowest BCUT2D eigenvalue weighted by atomic mass is 10.1. The number of fused-ring (bicyclic) bond motifs is 2. The van der Waals surface area contributed by atoms with Crippen molar-refractivity contribution in [2.45, 2.75) is 10.9 Å². The number of benzene rings is 2. The third kappa shape index (κ3) is 3.71. The number of hydrogen-bond donors (Lipinski definition) is 1. The van der Waals surface area contributed by atoms with Gasteiger partial charge in [0.05, 0.1) is 4.90 Å². The van der Waals surface area contributed by atoms with Crippen LogP contribution in [0.15, 0.2) is 76.6 Å². The highest BCUT2D eigenvalue weighted by Gasteiger charge is 2.58. The summed E-state index contributed by atoms with van der Waals surface area (Å²) < 4.78 is 28.8. The fourth-order valence-electron chi connectivity index (χ4n) is 4.98. The zero-order chi connectivity index (χ0) is 24.3. The Bertz CT molecular complexity index is 1610. The zero-order valence-corrected chi connectivity index (χ0v) is 20.4. The van der Waals surface area contributed by atoms with E-state index < -0.39 is 10.0 Å². The van der Waals surface area contributed by atoms with E-state index in [9.17, 15) is 13.2 Å². The molecule has 2 aromatic carbocycles. The molecule has 4 aromatic rings. The monoisotopic (exact) mass is 507 g/mol. The lowest BCUT2D eigenvalue weighted by Gasteiger charge is -2.20. The summed E-state index contributed by atoms with van der Waals surface area (Å²) in [6.07, 6.45) is 1.69. The predicted molar refractivity (Wildman–Crippen MR) is 135 cm³/mol. The van der Waals surface area contributed by atoms with Crippen molar-refractivity contribution in [1.82, 2.24) is 18.8 Å². The molecule has 0 amide bonds. The highest BCUT2D eigenvalue weighted by atomic mass is 35.5. The fourth-order valence-corrected chi connectivity index (χ4v) is 6.75. The maximum absolute atomic E-state index is 13.0. The van der Waals surface area contributed by atoms with Crippen LogP contribution in [0.25, 0.3) is 22.2 Å². The van der Waals surface area contributed by atoms with Gasteiger partial charge < -0.3 is 5.32 Å². The molecule has 1 aliphatic carbocycles. The van der Waals surface area contributed by atoms with E-state index in [1.54, 1.807) is 60.0 Å². The van der Waals surface area contributed by atoms with Crippen LogP contribution >= 0.6 is 11.6 Å². The van der Waals surface area contributed by atoms with E-state index in [4.69, 9.17) is 11.6 Å². The fraction of sp³-hybridized carbons (Fsp3) is 0.240. The first-order chi connectivity index (χ1) is 16.8. The number of hydrogen-bond acceptors (Lipinski definition) is 6. The topological polar surface area (TPSA) is 97.2 Å². The molecule has 2 aromatic heterocycles. The molecule has 1 saturated heterocycles. The Morgan fingerprint density at radius 1 is 1.00 bits per heavy atom. The number of piperidine rings is 1. The number of aromatic nitrogens is 3. The lowest BCUT2D eigenvalue weighted by Crippen LogP contribution is -2.33. The normalized spacial score (nSPS) is 21.7. The van der Waals surface area contributed by atoms with Crippen LogP contribution in [-0.4, -0.2) is 46.4 Å². The average Bonchev–Trinajstić information content (AvgIpc) is 3.28. The van der Waals surface area contributed by atoms with Crippen molar-refractivity contribution >= 4 is 38.6 Å². The molecule has 178 valence electrons. The van der Waals surface area contributed by atoms with E-state index in [0.717, 1.165) is 5.39 Å². The summed E-state index contributed by atoms with van der Waals surface area (Å²) in [5.41, 5.74) is 1.48. The minimum Gasteiger partial charge on any atom is -0.351 e. The molecule has 6 rings (SSSR count). The molecule has 0 radical (unpaired) electrons. The molecule has 0 bridgehead atoms. The van der Waals surface area contributed by atoms with Gasteiger partial charge in [0.2, 0.25) is 16.0 Å². The van der Waals surface area contributed by atoms with Gasteiger partial charge in [0, 0.05) is 53.9 Å². The molecule has 0 spiro atoms. The Morgan fingerprint density at radius 2 is 1.69 bits per heavy atom. The number of nitrogens with one attached hydrogen (secondary N) is 1. The smallest absolute Gasteiger partial charge is 0.259 e. The highest BCUT2D eigenvalue weighted by Crippen LogP contribution is 2.48.